The first-order valence-electron chi connectivity index (χ1n) is 8.48. The molecule has 2 aromatic carbocycles. The fourth-order valence-corrected chi connectivity index (χ4v) is 2.81. The molecule has 0 amide bonds. The Morgan fingerprint density at radius 3 is 2.80 bits per heavy atom. The molecule has 0 radical (unpaired) electrons. The van der Waals surface area contributed by atoms with Gasteiger partial charge in [-0.25, -0.2) is 0 Å². The van der Waals surface area contributed by atoms with Crippen LogP contribution in [0.3, 0.4) is 0 Å². The van der Waals surface area contributed by atoms with Crippen LogP contribution in [0.15, 0.2) is 60.8 Å². The fourth-order valence-electron chi connectivity index (χ4n) is 2.81. The number of nitrogens with zero attached hydrogens (tertiary/aromatic N) is 1. The maximum atomic E-state index is 10.6. The number of aliphatic carboxylic acids is 1. The van der Waals surface area contributed by atoms with Gasteiger partial charge in [-0.2, -0.15) is 0 Å². The van der Waals surface area contributed by atoms with Gasteiger partial charge in [0.1, 0.15) is 12.4 Å². The topological polar surface area (TPSA) is 59.4 Å². The smallest absolute Gasteiger partial charge is 0.303 e. The van der Waals surface area contributed by atoms with E-state index in [2.05, 4.69) is 17.1 Å². The van der Waals surface area contributed by atoms with Crippen molar-refractivity contribution in [3.63, 3.8) is 0 Å². The highest BCUT2D eigenvalue weighted by Crippen LogP contribution is 2.22. The van der Waals surface area contributed by atoms with E-state index in [0.29, 0.717) is 13.0 Å². The average molecular weight is 335 g/mol. The van der Waals surface area contributed by atoms with Crippen LogP contribution in [0.25, 0.3) is 10.9 Å². The van der Waals surface area contributed by atoms with Gasteiger partial charge in [-0.3, -0.25) is 9.78 Å². The van der Waals surface area contributed by atoms with Crippen molar-refractivity contribution in [1.29, 1.82) is 0 Å². The summed E-state index contributed by atoms with van der Waals surface area (Å²) in [6.07, 6.45) is 4.35. The molecule has 0 fully saturated rings. The lowest BCUT2D eigenvalue weighted by Crippen LogP contribution is -2.00. The van der Waals surface area contributed by atoms with Crippen molar-refractivity contribution >= 4 is 16.9 Å². The molecule has 0 aliphatic carbocycles. The number of ether oxygens (including phenoxy) is 1. The van der Waals surface area contributed by atoms with Gasteiger partial charge in [-0.1, -0.05) is 36.4 Å². The van der Waals surface area contributed by atoms with E-state index in [1.807, 2.05) is 42.5 Å². The van der Waals surface area contributed by atoms with Crippen LogP contribution in [0, 0.1) is 0 Å². The third-order valence-electron chi connectivity index (χ3n) is 4.12. The highest BCUT2D eigenvalue weighted by atomic mass is 16.5. The Hall–Kier alpha value is -2.88. The summed E-state index contributed by atoms with van der Waals surface area (Å²) in [6, 6.07) is 18.1. The van der Waals surface area contributed by atoms with Gasteiger partial charge >= 0.3 is 5.97 Å². The summed E-state index contributed by atoms with van der Waals surface area (Å²) < 4.78 is 6.01. The molecule has 1 aromatic heterocycles. The number of carbonyl (C=O) groups is 1. The van der Waals surface area contributed by atoms with E-state index in [0.717, 1.165) is 40.6 Å². The molecular weight excluding hydrogens is 314 g/mol. The third-order valence-corrected chi connectivity index (χ3v) is 4.12. The summed E-state index contributed by atoms with van der Waals surface area (Å²) >= 11 is 0. The maximum Gasteiger partial charge on any atom is 0.303 e. The number of aryl methyl sites for hydroxylation is 1. The highest BCUT2D eigenvalue weighted by molar-refractivity contribution is 5.78. The average Bonchev–Trinajstić information content (AvgIpc) is 2.64. The van der Waals surface area contributed by atoms with Crippen LogP contribution < -0.4 is 4.74 Å². The zero-order valence-corrected chi connectivity index (χ0v) is 14.0. The summed E-state index contributed by atoms with van der Waals surface area (Å²) in [6.45, 7) is 0.485. The first-order chi connectivity index (χ1) is 12.2. The van der Waals surface area contributed by atoms with E-state index < -0.39 is 5.97 Å². The minimum atomic E-state index is -0.741. The standard InChI is InChI=1S/C21H21NO3/c23-21(24)10-4-2-7-18-6-1-3-9-20(18)25-15-16-11-12-17-8-5-13-22-19(17)14-16/h1,3,5-6,8-9,11-14H,2,4,7,10,15H2,(H,23,24). The van der Waals surface area contributed by atoms with Crippen LogP contribution in [-0.4, -0.2) is 16.1 Å². The lowest BCUT2D eigenvalue weighted by Gasteiger charge is -2.12. The van der Waals surface area contributed by atoms with Crippen molar-refractivity contribution in [1.82, 2.24) is 4.98 Å². The van der Waals surface area contributed by atoms with Crippen molar-refractivity contribution in [2.45, 2.75) is 32.3 Å². The summed E-state index contributed by atoms with van der Waals surface area (Å²) in [7, 11) is 0. The molecule has 0 aliphatic heterocycles. The molecule has 0 saturated heterocycles. The van der Waals surface area contributed by atoms with Crippen LogP contribution in [0.5, 0.6) is 5.75 Å². The Kier molecular flexibility index (Phi) is 5.62. The summed E-state index contributed by atoms with van der Waals surface area (Å²) in [5, 5.41) is 9.84. The summed E-state index contributed by atoms with van der Waals surface area (Å²) in [4.78, 5) is 15.0. The second-order valence-corrected chi connectivity index (χ2v) is 6.03. The molecule has 4 heteroatoms. The maximum absolute atomic E-state index is 10.6. The molecular formula is C21H21NO3. The van der Waals surface area contributed by atoms with Crippen LogP contribution in [0.4, 0.5) is 0 Å². The van der Waals surface area contributed by atoms with Crippen LogP contribution in [0.1, 0.15) is 30.4 Å². The van der Waals surface area contributed by atoms with Gasteiger partial charge in [0, 0.05) is 18.0 Å². The lowest BCUT2D eigenvalue weighted by molar-refractivity contribution is -0.137. The zero-order valence-electron chi connectivity index (χ0n) is 14.0. The van der Waals surface area contributed by atoms with E-state index in [9.17, 15) is 4.79 Å². The summed E-state index contributed by atoms with van der Waals surface area (Å²) in [5.74, 6) is 0.119. The molecule has 1 heterocycles. The van der Waals surface area contributed by atoms with Crippen molar-refractivity contribution in [3.8, 4) is 5.75 Å². The number of rotatable bonds is 8. The van der Waals surface area contributed by atoms with Gasteiger partial charge in [-0.15, -0.1) is 0 Å². The van der Waals surface area contributed by atoms with Crippen LogP contribution in [0.2, 0.25) is 0 Å². The number of fused-ring (bicyclic) bond motifs is 1. The second-order valence-electron chi connectivity index (χ2n) is 6.03. The van der Waals surface area contributed by atoms with E-state index in [-0.39, 0.29) is 6.42 Å². The largest absolute Gasteiger partial charge is 0.489 e. The number of hydrogen-bond donors (Lipinski definition) is 1. The van der Waals surface area contributed by atoms with Gasteiger partial charge in [0.2, 0.25) is 0 Å². The predicted molar refractivity (Wildman–Crippen MR) is 97.7 cm³/mol. The van der Waals surface area contributed by atoms with Gasteiger partial charge < -0.3 is 9.84 Å². The molecule has 0 unspecified atom stereocenters. The van der Waals surface area contributed by atoms with Crippen molar-refractivity contribution in [2.24, 2.45) is 0 Å². The Morgan fingerprint density at radius 2 is 1.92 bits per heavy atom. The summed E-state index contributed by atoms with van der Waals surface area (Å²) in [5.41, 5.74) is 3.16. The molecule has 3 aromatic rings. The first-order valence-corrected chi connectivity index (χ1v) is 8.48. The number of carboxylic acids is 1. The molecule has 3 rings (SSSR count). The number of unbranched alkanes of at least 4 members (excludes halogenated alkanes) is 1. The Balaban J connectivity index is 1.62. The van der Waals surface area contributed by atoms with E-state index in [4.69, 9.17) is 9.84 Å². The van der Waals surface area contributed by atoms with E-state index >= 15 is 0 Å². The molecule has 4 nitrogen and oxygen atoms in total. The zero-order chi connectivity index (χ0) is 17.5. The molecule has 25 heavy (non-hydrogen) atoms. The number of carboxylic acid groups (broad SMARTS) is 1. The molecule has 128 valence electrons. The normalized spacial score (nSPS) is 10.7. The predicted octanol–water partition coefficient (Wildman–Crippen LogP) is 4.61. The van der Waals surface area contributed by atoms with Gasteiger partial charge in [0.15, 0.2) is 0 Å². The molecule has 0 atom stereocenters. The second kappa shape index (κ2) is 8.29. The van der Waals surface area contributed by atoms with Crippen molar-refractivity contribution < 1.29 is 14.6 Å². The number of aromatic nitrogens is 1. The van der Waals surface area contributed by atoms with Crippen LogP contribution >= 0.6 is 0 Å². The molecule has 0 saturated carbocycles. The number of para-hydroxylation sites is 1. The Bertz CT molecular complexity index is 860. The van der Waals surface area contributed by atoms with Crippen LogP contribution in [-0.2, 0) is 17.8 Å². The number of benzene rings is 2. The van der Waals surface area contributed by atoms with Gasteiger partial charge in [0.05, 0.1) is 5.52 Å². The lowest BCUT2D eigenvalue weighted by atomic mass is 10.1. The SMILES string of the molecule is O=C(O)CCCCc1ccccc1OCc1ccc2cccnc2c1. The van der Waals surface area contributed by atoms with Gasteiger partial charge in [-0.05, 0) is 48.6 Å². The molecule has 1 N–H and O–H groups in total. The Morgan fingerprint density at radius 1 is 1.04 bits per heavy atom. The molecule has 0 bridgehead atoms. The fraction of sp³-hybridized carbons (Fsp3) is 0.238. The van der Waals surface area contributed by atoms with Gasteiger partial charge in [0.25, 0.3) is 0 Å². The molecule has 0 aliphatic rings. The number of hydrogen-bond acceptors (Lipinski definition) is 3. The monoisotopic (exact) mass is 335 g/mol. The quantitative estimate of drug-likeness (QED) is 0.611. The highest BCUT2D eigenvalue weighted by Gasteiger charge is 2.05. The molecule has 0 spiro atoms. The van der Waals surface area contributed by atoms with Crippen molar-refractivity contribution in [3.05, 3.63) is 71.9 Å². The van der Waals surface area contributed by atoms with Crippen molar-refractivity contribution in [2.75, 3.05) is 0 Å². The Labute approximate surface area is 147 Å². The van der Waals surface area contributed by atoms with E-state index in [1.165, 1.54) is 0 Å². The third kappa shape index (κ3) is 4.80. The minimum Gasteiger partial charge on any atom is -0.489 e. The number of pyridine rings is 1. The first kappa shape index (κ1) is 17.0. The minimum absolute atomic E-state index is 0.215. The van der Waals surface area contributed by atoms with E-state index in [1.54, 1.807) is 6.20 Å².